The smallest absolute Gasteiger partial charge is 0.323 e. The van der Waals surface area contributed by atoms with Crippen LogP contribution in [-0.4, -0.2) is 15.7 Å². The van der Waals surface area contributed by atoms with Gasteiger partial charge in [-0.15, -0.1) is 0 Å². The molecule has 4 aromatic rings. The third kappa shape index (κ3) is 6.10. The van der Waals surface area contributed by atoms with Crippen molar-refractivity contribution in [3.8, 4) is 11.3 Å². The maximum atomic E-state index is 14.8. The van der Waals surface area contributed by atoms with E-state index in [0.717, 1.165) is 36.1 Å². The largest absolute Gasteiger partial charge is 0.475 e. The van der Waals surface area contributed by atoms with Crippen LogP contribution < -0.4 is 0 Å². The van der Waals surface area contributed by atoms with Crippen LogP contribution in [0, 0.1) is 17.3 Å². The lowest BCUT2D eigenvalue weighted by molar-refractivity contribution is -0.0655. The summed E-state index contributed by atoms with van der Waals surface area (Å²) < 4.78 is 36.5. The molecule has 2 bridgehead atoms. The van der Waals surface area contributed by atoms with Gasteiger partial charge in [0.1, 0.15) is 0 Å². The van der Waals surface area contributed by atoms with Crippen LogP contribution in [0.5, 0.6) is 0 Å². The van der Waals surface area contributed by atoms with E-state index in [1.807, 2.05) is 73.2 Å². The zero-order valence-electron chi connectivity index (χ0n) is 25.6. The molecule has 6 nitrogen and oxygen atoms in total. The highest BCUT2D eigenvalue weighted by atomic mass is 31.2. The molecule has 4 atom stereocenters. The number of aromatic nitrogens is 2. The van der Waals surface area contributed by atoms with Gasteiger partial charge < -0.3 is 4.57 Å². The lowest BCUT2D eigenvalue weighted by Gasteiger charge is -2.51. The number of nitrogens with zero attached hydrogens (tertiary/aromatic N) is 2. The van der Waals surface area contributed by atoms with Crippen LogP contribution in [0.2, 0.25) is 0 Å². The summed E-state index contributed by atoms with van der Waals surface area (Å²) in [6.45, 7) is 2.60. The molecule has 4 unspecified atom stereocenters. The summed E-state index contributed by atoms with van der Waals surface area (Å²) >= 11 is 0. The standard InChI is InChI=1S/C37H43N2O4P/c1-2-37(22-30-16-11-17-31(20-30)23-37)36(21-34-32-18-9-10-19-33(32)35-24-38-27-39(34)35)43-44(40,41-25-28-12-5-3-6-13-28)42-26-29-14-7-4-8-15-29/h3-10,12-15,18-19,24,27,30-31,34,36H,2,11,16-17,20-23,25-26H2,1H3. The van der Waals surface area contributed by atoms with Crippen LogP contribution in [0.25, 0.3) is 11.3 Å². The number of fused-ring (bicyclic) bond motifs is 5. The summed E-state index contributed by atoms with van der Waals surface area (Å²) in [5.74, 6) is 1.37. The fraction of sp³-hybridized carbons (Fsp3) is 0.432. The van der Waals surface area contributed by atoms with E-state index in [0.29, 0.717) is 18.3 Å². The molecule has 44 heavy (non-hydrogen) atoms. The summed E-state index contributed by atoms with van der Waals surface area (Å²) in [4.78, 5) is 4.52. The predicted octanol–water partition coefficient (Wildman–Crippen LogP) is 9.77. The summed E-state index contributed by atoms with van der Waals surface area (Å²) in [5, 5.41) is 0. The van der Waals surface area contributed by atoms with Crippen LogP contribution in [-0.2, 0) is 31.4 Å². The second-order valence-corrected chi connectivity index (χ2v) is 14.7. The first-order valence-electron chi connectivity index (χ1n) is 16.3. The minimum atomic E-state index is -3.99. The molecular formula is C37H43N2O4P. The Kier molecular flexibility index (Phi) is 8.61. The summed E-state index contributed by atoms with van der Waals surface area (Å²) in [7, 11) is -3.99. The Morgan fingerprint density at radius 2 is 1.50 bits per heavy atom. The van der Waals surface area contributed by atoms with Gasteiger partial charge in [-0.05, 0) is 66.0 Å². The number of phosphoric ester groups is 1. The third-order valence-corrected chi connectivity index (χ3v) is 11.8. The SMILES string of the molecule is CCC1(C(CC2c3ccccc3-c3cncn32)OP(=O)(OCc2ccccc2)OCc2ccccc2)CC2CCCC(C2)C1. The number of phosphoric acid groups is 1. The molecule has 7 rings (SSSR count). The van der Waals surface area contributed by atoms with Crippen molar-refractivity contribution in [3.63, 3.8) is 0 Å². The zero-order valence-corrected chi connectivity index (χ0v) is 26.5. The second kappa shape index (κ2) is 12.8. The van der Waals surface area contributed by atoms with Crippen LogP contribution in [0.1, 0.15) is 81.0 Å². The zero-order chi connectivity index (χ0) is 30.0. The molecule has 0 N–H and O–H groups in total. The number of hydrogen-bond acceptors (Lipinski definition) is 5. The predicted molar refractivity (Wildman–Crippen MR) is 173 cm³/mol. The van der Waals surface area contributed by atoms with E-state index in [2.05, 4.69) is 40.7 Å². The van der Waals surface area contributed by atoms with Gasteiger partial charge in [-0.1, -0.05) is 111 Å². The van der Waals surface area contributed by atoms with Gasteiger partial charge in [-0.25, -0.2) is 9.55 Å². The first kappa shape index (κ1) is 29.7. The highest BCUT2D eigenvalue weighted by molar-refractivity contribution is 7.48. The average Bonchev–Trinajstić information content (AvgIpc) is 3.66. The molecule has 230 valence electrons. The molecule has 2 saturated carbocycles. The minimum absolute atomic E-state index is 0.0376. The van der Waals surface area contributed by atoms with Gasteiger partial charge in [0.15, 0.2) is 0 Å². The van der Waals surface area contributed by atoms with Crippen molar-refractivity contribution < 1.29 is 18.1 Å². The normalized spacial score (nSPS) is 24.9. The number of hydrogen-bond donors (Lipinski definition) is 0. The Balaban J connectivity index is 1.24. The van der Waals surface area contributed by atoms with Crippen molar-refractivity contribution in [2.75, 3.05) is 0 Å². The third-order valence-electron chi connectivity index (χ3n) is 10.4. The number of benzene rings is 3. The lowest BCUT2D eigenvalue weighted by atomic mass is 9.57. The first-order chi connectivity index (χ1) is 21.5. The van der Waals surface area contributed by atoms with Crippen LogP contribution in [0.4, 0.5) is 0 Å². The molecule has 2 heterocycles. The number of rotatable bonds is 12. The second-order valence-electron chi connectivity index (χ2n) is 13.1. The fourth-order valence-electron chi connectivity index (χ4n) is 8.28. The minimum Gasteiger partial charge on any atom is -0.323 e. The van der Waals surface area contributed by atoms with Crippen molar-refractivity contribution in [1.82, 2.24) is 9.55 Å². The Morgan fingerprint density at radius 3 is 2.14 bits per heavy atom. The maximum absolute atomic E-state index is 14.8. The van der Waals surface area contributed by atoms with Gasteiger partial charge in [0.25, 0.3) is 0 Å². The van der Waals surface area contributed by atoms with E-state index in [-0.39, 0.29) is 30.8 Å². The molecule has 2 aliphatic carbocycles. The Hall–Kier alpha value is -3.02. The summed E-state index contributed by atoms with van der Waals surface area (Å²) in [6.07, 6.45) is 12.6. The van der Waals surface area contributed by atoms with E-state index in [1.54, 1.807) is 0 Å². The topological polar surface area (TPSA) is 62.6 Å². The van der Waals surface area contributed by atoms with E-state index < -0.39 is 7.82 Å². The molecule has 2 fully saturated rings. The molecule has 3 aromatic carbocycles. The summed E-state index contributed by atoms with van der Waals surface area (Å²) in [5.41, 5.74) is 5.35. The first-order valence-corrected chi connectivity index (χ1v) is 17.8. The van der Waals surface area contributed by atoms with Gasteiger partial charge in [0.2, 0.25) is 0 Å². The van der Waals surface area contributed by atoms with Crippen LogP contribution in [0.3, 0.4) is 0 Å². The van der Waals surface area contributed by atoms with Crippen molar-refractivity contribution in [3.05, 3.63) is 114 Å². The Bertz CT molecular complexity index is 1530. The quantitative estimate of drug-likeness (QED) is 0.149. The molecule has 0 spiro atoms. The van der Waals surface area contributed by atoms with E-state index >= 15 is 0 Å². The Morgan fingerprint density at radius 1 is 0.886 bits per heavy atom. The van der Waals surface area contributed by atoms with Gasteiger partial charge in [-0.3, -0.25) is 13.6 Å². The van der Waals surface area contributed by atoms with E-state index in [1.165, 1.54) is 36.8 Å². The molecule has 7 heteroatoms. The average molecular weight is 611 g/mol. The number of imidazole rings is 1. The van der Waals surface area contributed by atoms with Crippen molar-refractivity contribution >= 4 is 7.82 Å². The van der Waals surface area contributed by atoms with Gasteiger partial charge in [-0.2, -0.15) is 0 Å². The van der Waals surface area contributed by atoms with Gasteiger partial charge >= 0.3 is 7.82 Å². The van der Waals surface area contributed by atoms with Crippen molar-refractivity contribution in [1.29, 1.82) is 0 Å². The lowest BCUT2D eigenvalue weighted by Crippen LogP contribution is -2.45. The van der Waals surface area contributed by atoms with E-state index in [9.17, 15) is 4.57 Å². The molecule has 1 aromatic heterocycles. The molecule has 0 amide bonds. The molecule has 0 radical (unpaired) electrons. The Labute approximate surface area is 261 Å². The molecule has 3 aliphatic rings. The van der Waals surface area contributed by atoms with Crippen LogP contribution >= 0.6 is 7.82 Å². The maximum Gasteiger partial charge on any atom is 0.475 e. The summed E-state index contributed by atoms with van der Waals surface area (Å²) in [6, 6.07) is 28.3. The fourth-order valence-corrected chi connectivity index (χ4v) is 9.71. The molecule has 1 aliphatic heterocycles. The van der Waals surface area contributed by atoms with Gasteiger partial charge in [0, 0.05) is 5.56 Å². The highest BCUT2D eigenvalue weighted by Gasteiger charge is 2.50. The van der Waals surface area contributed by atoms with Crippen LogP contribution in [0.15, 0.2) is 97.5 Å². The van der Waals surface area contributed by atoms with E-state index in [4.69, 9.17) is 13.6 Å². The highest BCUT2D eigenvalue weighted by Crippen LogP contribution is 2.61. The van der Waals surface area contributed by atoms with Gasteiger partial charge in [0.05, 0.1) is 43.6 Å². The van der Waals surface area contributed by atoms with Crippen molar-refractivity contribution in [2.45, 2.75) is 83.6 Å². The molecule has 0 saturated heterocycles. The van der Waals surface area contributed by atoms with Crippen molar-refractivity contribution in [2.24, 2.45) is 17.3 Å². The monoisotopic (exact) mass is 610 g/mol. The molecular weight excluding hydrogens is 567 g/mol.